The second-order valence-corrected chi connectivity index (χ2v) is 8.72. The van der Waals surface area contributed by atoms with Crippen molar-refractivity contribution in [1.29, 1.82) is 0 Å². The van der Waals surface area contributed by atoms with E-state index < -0.39 is 17.4 Å². The maximum atomic E-state index is 13.9. The molecule has 2 aromatic rings. The summed E-state index contributed by atoms with van der Waals surface area (Å²) < 4.78 is 10.8. The molecule has 0 aliphatic carbocycles. The lowest BCUT2D eigenvalue weighted by Crippen LogP contribution is -2.54. The lowest BCUT2D eigenvalue weighted by Gasteiger charge is -2.36. The summed E-state index contributed by atoms with van der Waals surface area (Å²) in [5.74, 6) is -0.963. The molecule has 156 valence electrons. The topological polar surface area (TPSA) is 88.2 Å². The fourth-order valence-corrected chi connectivity index (χ4v) is 6.44. The highest BCUT2D eigenvalue weighted by atomic mass is 16.7. The summed E-state index contributed by atoms with van der Waals surface area (Å²) in [6.45, 7) is 0.813. The van der Waals surface area contributed by atoms with Crippen molar-refractivity contribution in [2.24, 2.45) is 11.8 Å². The number of benzene rings is 2. The highest BCUT2D eigenvalue weighted by Gasteiger charge is 2.74. The molecule has 0 unspecified atom stereocenters. The van der Waals surface area contributed by atoms with Gasteiger partial charge >= 0.3 is 0 Å². The van der Waals surface area contributed by atoms with Crippen molar-refractivity contribution in [2.75, 3.05) is 23.6 Å². The van der Waals surface area contributed by atoms with Crippen LogP contribution < -0.4 is 19.7 Å². The van der Waals surface area contributed by atoms with E-state index in [-0.39, 0.29) is 30.6 Å². The summed E-state index contributed by atoms with van der Waals surface area (Å²) in [4.78, 5) is 44.4. The maximum Gasteiger partial charge on any atom is 0.250 e. The molecule has 0 bridgehead atoms. The van der Waals surface area contributed by atoms with Gasteiger partial charge in [0.25, 0.3) is 0 Å². The maximum absolute atomic E-state index is 13.9. The van der Waals surface area contributed by atoms with Gasteiger partial charge in [-0.3, -0.25) is 19.3 Å². The first-order valence-corrected chi connectivity index (χ1v) is 10.6. The Balaban J connectivity index is 1.40. The van der Waals surface area contributed by atoms with Crippen LogP contribution in [0.25, 0.3) is 0 Å². The zero-order valence-corrected chi connectivity index (χ0v) is 16.5. The molecular formula is C23H19N3O5. The largest absolute Gasteiger partial charge is 0.454 e. The third kappa shape index (κ3) is 1.88. The quantitative estimate of drug-likeness (QED) is 0.713. The number of imide groups is 1. The van der Waals surface area contributed by atoms with E-state index in [0.29, 0.717) is 23.7 Å². The molecule has 2 aromatic carbocycles. The molecule has 0 aromatic heterocycles. The van der Waals surface area contributed by atoms with Gasteiger partial charge in [-0.1, -0.05) is 18.2 Å². The van der Waals surface area contributed by atoms with Crippen LogP contribution in [0.2, 0.25) is 0 Å². The van der Waals surface area contributed by atoms with Crippen LogP contribution in [0.1, 0.15) is 18.4 Å². The number of rotatable bonds is 1. The lowest BCUT2D eigenvalue weighted by molar-refractivity contribution is -0.135. The molecule has 4 atom stereocenters. The summed E-state index contributed by atoms with van der Waals surface area (Å²) >= 11 is 0. The first-order valence-electron chi connectivity index (χ1n) is 10.6. The predicted molar refractivity (Wildman–Crippen MR) is 109 cm³/mol. The van der Waals surface area contributed by atoms with Crippen LogP contribution in [-0.2, 0) is 19.9 Å². The average molecular weight is 417 g/mol. The summed E-state index contributed by atoms with van der Waals surface area (Å²) in [5.41, 5.74) is 0.842. The number of anilines is 2. The van der Waals surface area contributed by atoms with Crippen molar-refractivity contribution in [2.45, 2.75) is 24.4 Å². The highest BCUT2D eigenvalue weighted by Crippen LogP contribution is 2.60. The minimum Gasteiger partial charge on any atom is -0.454 e. The van der Waals surface area contributed by atoms with Gasteiger partial charge in [-0.25, -0.2) is 4.90 Å². The highest BCUT2D eigenvalue weighted by molar-refractivity contribution is 6.26. The first kappa shape index (κ1) is 17.3. The van der Waals surface area contributed by atoms with Gasteiger partial charge in [0.2, 0.25) is 24.5 Å². The molecule has 0 saturated carbocycles. The molecule has 1 spiro atoms. The molecule has 7 rings (SSSR count). The van der Waals surface area contributed by atoms with E-state index in [1.807, 2.05) is 24.3 Å². The van der Waals surface area contributed by atoms with Gasteiger partial charge in [0.05, 0.1) is 17.5 Å². The van der Waals surface area contributed by atoms with Crippen LogP contribution in [0.5, 0.6) is 11.5 Å². The molecule has 8 nitrogen and oxygen atoms in total. The standard InChI is InChI=1S/C23H19N3O5/c27-20-18-15-6-3-9-25(15)23(13-4-1-2-5-14(13)24-22(23)29)19(18)21(28)26(20)12-7-8-16-17(10-12)31-11-30-16/h1-2,4-5,7-8,10,15,18-19H,3,6,9,11H2,(H,24,29)/t15-,18-,19-,23+/m1/s1. The van der Waals surface area contributed by atoms with E-state index in [9.17, 15) is 14.4 Å². The number of carbonyl (C=O) groups is 3. The van der Waals surface area contributed by atoms with E-state index in [0.717, 1.165) is 24.1 Å². The van der Waals surface area contributed by atoms with Crippen molar-refractivity contribution < 1.29 is 23.9 Å². The Morgan fingerprint density at radius 2 is 1.84 bits per heavy atom. The number of hydrogen-bond donors (Lipinski definition) is 1. The van der Waals surface area contributed by atoms with Gasteiger partial charge < -0.3 is 14.8 Å². The van der Waals surface area contributed by atoms with Crippen LogP contribution in [0.3, 0.4) is 0 Å². The molecule has 3 fully saturated rings. The minimum atomic E-state index is -1.14. The Morgan fingerprint density at radius 1 is 1.00 bits per heavy atom. The van der Waals surface area contributed by atoms with Crippen LogP contribution in [0, 0.1) is 11.8 Å². The van der Waals surface area contributed by atoms with Crippen LogP contribution in [-0.4, -0.2) is 42.0 Å². The van der Waals surface area contributed by atoms with Crippen molar-refractivity contribution >= 4 is 29.1 Å². The number of nitrogens with one attached hydrogen (secondary N) is 1. The van der Waals surface area contributed by atoms with Crippen molar-refractivity contribution in [3.05, 3.63) is 48.0 Å². The SMILES string of the molecule is O=C1[C@@H]2[C@H]3CCCN3[C@]3(C(=O)Nc4ccccc43)[C@H]2C(=O)N1c1ccc2c(c1)OCO2. The fraction of sp³-hybridized carbons (Fsp3) is 0.348. The minimum absolute atomic E-state index is 0.114. The number of para-hydroxylation sites is 1. The molecule has 1 N–H and O–H groups in total. The van der Waals surface area contributed by atoms with Crippen LogP contribution >= 0.6 is 0 Å². The second kappa shape index (κ2) is 5.64. The van der Waals surface area contributed by atoms with Crippen molar-refractivity contribution in [3.63, 3.8) is 0 Å². The Bertz CT molecular complexity index is 1200. The van der Waals surface area contributed by atoms with E-state index in [1.54, 1.807) is 18.2 Å². The van der Waals surface area contributed by atoms with Gasteiger partial charge in [-0.05, 0) is 37.6 Å². The van der Waals surface area contributed by atoms with E-state index in [1.165, 1.54) is 4.90 Å². The molecule has 5 heterocycles. The number of ether oxygens (including phenoxy) is 2. The third-order valence-electron chi connectivity index (χ3n) is 7.51. The third-order valence-corrected chi connectivity index (χ3v) is 7.51. The molecule has 0 radical (unpaired) electrons. The Hall–Kier alpha value is -3.39. The van der Waals surface area contributed by atoms with Gasteiger partial charge in [0, 0.05) is 23.4 Å². The number of amides is 3. The number of nitrogens with zero attached hydrogens (tertiary/aromatic N) is 2. The van der Waals surface area contributed by atoms with Crippen molar-refractivity contribution in [3.8, 4) is 11.5 Å². The number of hydrogen-bond acceptors (Lipinski definition) is 6. The van der Waals surface area contributed by atoms with E-state index >= 15 is 0 Å². The summed E-state index contributed by atoms with van der Waals surface area (Å²) in [6, 6.07) is 12.5. The monoisotopic (exact) mass is 417 g/mol. The molecule has 3 saturated heterocycles. The van der Waals surface area contributed by atoms with Crippen LogP contribution in [0.4, 0.5) is 11.4 Å². The molecule has 8 heteroatoms. The first-order chi connectivity index (χ1) is 15.1. The summed E-state index contributed by atoms with van der Waals surface area (Å²) in [5, 5.41) is 2.98. The number of fused-ring (bicyclic) bond motifs is 8. The molecule has 5 aliphatic heterocycles. The lowest BCUT2D eigenvalue weighted by atomic mass is 9.75. The predicted octanol–water partition coefficient (Wildman–Crippen LogP) is 1.85. The zero-order valence-electron chi connectivity index (χ0n) is 16.5. The molecule has 3 amide bonds. The van der Waals surface area contributed by atoms with Crippen LogP contribution in [0.15, 0.2) is 42.5 Å². The Kier molecular flexibility index (Phi) is 3.15. The Morgan fingerprint density at radius 3 is 2.74 bits per heavy atom. The summed E-state index contributed by atoms with van der Waals surface area (Å²) in [7, 11) is 0. The van der Waals surface area contributed by atoms with E-state index in [2.05, 4.69) is 10.2 Å². The average Bonchev–Trinajstić information content (AvgIpc) is 3.54. The van der Waals surface area contributed by atoms with Crippen molar-refractivity contribution in [1.82, 2.24) is 4.90 Å². The van der Waals surface area contributed by atoms with Gasteiger partial charge in [0.15, 0.2) is 11.5 Å². The molecule has 5 aliphatic rings. The summed E-state index contributed by atoms with van der Waals surface area (Å²) in [6.07, 6.45) is 1.70. The zero-order chi connectivity index (χ0) is 20.9. The van der Waals surface area contributed by atoms with Gasteiger partial charge in [0.1, 0.15) is 5.54 Å². The van der Waals surface area contributed by atoms with Gasteiger partial charge in [-0.2, -0.15) is 0 Å². The molecular weight excluding hydrogens is 398 g/mol. The van der Waals surface area contributed by atoms with E-state index in [4.69, 9.17) is 9.47 Å². The Labute approximate surface area is 177 Å². The molecule has 31 heavy (non-hydrogen) atoms. The second-order valence-electron chi connectivity index (χ2n) is 8.72. The fourth-order valence-electron chi connectivity index (χ4n) is 6.44. The number of carbonyl (C=O) groups excluding carboxylic acids is 3. The normalized spacial score (nSPS) is 32.6. The smallest absolute Gasteiger partial charge is 0.250 e. The van der Waals surface area contributed by atoms with Gasteiger partial charge in [-0.15, -0.1) is 0 Å².